The van der Waals surface area contributed by atoms with E-state index < -0.39 is 0 Å². The van der Waals surface area contributed by atoms with Gasteiger partial charge < -0.3 is 24.8 Å². The van der Waals surface area contributed by atoms with Crippen molar-refractivity contribution in [2.75, 3.05) is 40.5 Å². The molecule has 2 aromatic carbocycles. The molecule has 2 rings (SSSR count). The van der Waals surface area contributed by atoms with Crippen molar-refractivity contribution >= 4 is 29.9 Å². The second kappa shape index (κ2) is 14.9. The van der Waals surface area contributed by atoms with Crippen LogP contribution >= 0.6 is 24.0 Å². The van der Waals surface area contributed by atoms with E-state index in [9.17, 15) is 0 Å². The number of methoxy groups -OCH3 is 2. The maximum absolute atomic E-state index is 5.68. The van der Waals surface area contributed by atoms with E-state index in [1.165, 1.54) is 11.1 Å². The lowest BCUT2D eigenvalue weighted by Gasteiger charge is -2.13. The fraction of sp³-hybridized carbons (Fsp3) is 0.409. The number of nitrogens with zero attached hydrogens (tertiary/aromatic N) is 1. The van der Waals surface area contributed by atoms with Crippen LogP contribution in [-0.2, 0) is 17.8 Å². The van der Waals surface area contributed by atoms with Gasteiger partial charge in [-0.15, -0.1) is 24.0 Å². The number of halogens is 1. The van der Waals surface area contributed by atoms with Gasteiger partial charge in [0.1, 0.15) is 0 Å². The molecule has 0 radical (unpaired) electrons. The van der Waals surface area contributed by atoms with Gasteiger partial charge in [0.15, 0.2) is 17.5 Å². The lowest BCUT2D eigenvalue weighted by atomic mass is 10.1. The first-order chi connectivity index (χ1) is 13.8. The Morgan fingerprint density at radius 3 is 2.38 bits per heavy atom. The third-order valence-electron chi connectivity index (χ3n) is 4.12. The molecule has 7 heteroatoms. The Morgan fingerprint density at radius 2 is 1.69 bits per heavy atom. The van der Waals surface area contributed by atoms with E-state index in [4.69, 9.17) is 14.2 Å². The molecule has 0 heterocycles. The molecule has 0 saturated heterocycles. The molecule has 0 atom stereocenters. The summed E-state index contributed by atoms with van der Waals surface area (Å²) in [5.74, 6) is 2.28. The lowest BCUT2D eigenvalue weighted by Crippen LogP contribution is -2.38. The molecule has 29 heavy (non-hydrogen) atoms. The number of aliphatic imine (C=N–C) groups is 1. The lowest BCUT2D eigenvalue weighted by molar-refractivity contribution is 0.128. The highest BCUT2D eigenvalue weighted by molar-refractivity contribution is 14.0. The van der Waals surface area contributed by atoms with E-state index in [1.807, 2.05) is 36.4 Å². The van der Waals surface area contributed by atoms with Crippen LogP contribution in [0.2, 0.25) is 0 Å². The van der Waals surface area contributed by atoms with Gasteiger partial charge in [0, 0.05) is 13.1 Å². The van der Waals surface area contributed by atoms with Crippen molar-refractivity contribution in [2.24, 2.45) is 4.99 Å². The molecule has 0 fully saturated rings. The molecule has 2 aromatic rings. The standard InChI is InChI=1S/C22H31N3O3.HI/c1-4-23-22(25-14-15-28-17-19-8-6-5-7-9-19)24-13-12-18-10-11-20(26-2)21(16-18)27-3;/h5-11,16H,4,12-15,17H2,1-3H3,(H2,23,24,25);1H. The van der Waals surface area contributed by atoms with Crippen molar-refractivity contribution in [3.63, 3.8) is 0 Å². The first-order valence-corrected chi connectivity index (χ1v) is 9.61. The molecule has 0 spiro atoms. The summed E-state index contributed by atoms with van der Waals surface area (Å²) in [5.41, 5.74) is 2.35. The number of hydrogen-bond donors (Lipinski definition) is 2. The first-order valence-electron chi connectivity index (χ1n) is 9.61. The number of hydrogen-bond acceptors (Lipinski definition) is 4. The van der Waals surface area contributed by atoms with Gasteiger partial charge in [0.25, 0.3) is 0 Å². The van der Waals surface area contributed by atoms with Crippen LogP contribution in [-0.4, -0.2) is 46.4 Å². The molecule has 0 unspecified atom stereocenters. The highest BCUT2D eigenvalue weighted by Crippen LogP contribution is 2.27. The van der Waals surface area contributed by atoms with Crippen LogP contribution in [0.25, 0.3) is 0 Å². The number of benzene rings is 2. The van der Waals surface area contributed by atoms with E-state index in [-0.39, 0.29) is 24.0 Å². The molecule has 6 nitrogen and oxygen atoms in total. The van der Waals surface area contributed by atoms with Gasteiger partial charge in [0.2, 0.25) is 0 Å². The maximum atomic E-state index is 5.68. The van der Waals surface area contributed by atoms with E-state index >= 15 is 0 Å². The van der Waals surface area contributed by atoms with Crippen LogP contribution in [0, 0.1) is 0 Å². The Kier molecular flexibility index (Phi) is 12.9. The smallest absolute Gasteiger partial charge is 0.191 e. The summed E-state index contributed by atoms with van der Waals surface area (Å²) >= 11 is 0. The van der Waals surface area contributed by atoms with Gasteiger partial charge in [-0.05, 0) is 36.6 Å². The van der Waals surface area contributed by atoms with Crippen LogP contribution in [0.15, 0.2) is 53.5 Å². The minimum atomic E-state index is 0. The van der Waals surface area contributed by atoms with Crippen LogP contribution in [0.3, 0.4) is 0 Å². The molecule has 0 aromatic heterocycles. The van der Waals surface area contributed by atoms with Crippen molar-refractivity contribution < 1.29 is 14.2 Å². The predicted octanol–water partition coefficient (Wildman–Crippen LogP) is 3.64. The molecule has 0 amide bonds. The zero-order valence-corrected chi connectivity index (χ0v) is 19.8. The number of rotatable bonds is 11. The van der Waals surface area contributed by atoms with E-state index in [0.29, 0.717) is 19.8 Å². The average Bonchev–Trinajstić information content (AvgIpc) is 2.74. The van der Waals surface area contributed by atoms with Gasteiger partial charge in [-0.25, -0.2) is 0 Å². The van der Waals surface area contributed by atoms with Crippen molar-refractivity contribution in [1.29, 1.82) is 0 Å². The minimum absolute atomic E-state index is 0. The van der Waals surface area contributed by atoms with Crippen molar-refractivity contribution in [3.8, 4) is 11.5 Å². The molecule has 0 aliphatic carbocycles. The molecule has 0 saturated carbocycles. The van der Waals surface area contributed by atoms with Crippen LogP contribution in [0.5, 0.6) is 11.5 Å². The van der Waals surface area contributed by atoms with Crippen molar-refractivity contribution in [3.05, 3.63) is 59.7 Å². The summed E-state index contributed by atoms with van der Waals surface area (Å²) in [4.78, 5) is 4.56. The summed E-state index contributed by atoms with van der Waals surface area (Å²) < 4.78 is 16.3. The second-order valence-corrected chi connectivity index (χ2v) is 6.16. The zero-order chi connectivity index (χ0) is 20.0. The Bertz CT molecular complexity index is 726. The number of nitrogens with one attached hydrogen (secondary N) is 2. The van der Waals surface area contributed by atoms with E-state index in [0.717, 1.165) is 37.0 Å². The number of guanidine groups is 1. The quantitative estimate of drug-likeness (QED) is 0.208. The zero-order valence-electron chi connectivity index (χ0n) is 17.4. The van der Waals surface area contributed by atoms with Crippen LogP contribution in [0.4, 0.5) is 0 Å². The van der Waals surface area contributed by atoms with E-state index in [1.54, 1.807) is 14.2 Å². The van der Waals surface area contributed by atoms with Gasteiger partial charge in [-0.3, -0.25) is 4.99 Å². The highest BCUT2D eigenvalue weighted by Gasteiger charge is 2.05. The van der Waals surface area contributed by atoms with E-state index in [2.05, 4.69) is 34.7 Å². The summed E-state index contributed by atoms with van der Waals surface area (Å²) in [6.07, 6.45) is 0.856. The Balaban J connectivity index is 0.00000420. The predicted molar refractivity (Wildman–Crippen MR) is 129 cm³/mol. The third kappa shape index (κ3) is 9.36. The average molecular weight is 513 g/mol. The summed E-state index contributed by atoms with van der Waals surface area (Å²) in [6.45, 7) is 5.44. The summed E-state index contributed by atoms with van der Waals surface area (Å²) in [7, 11) is 3.29. The SMILES string of the molecule is CCNC(=NCCOCc1ccccc1)NCCc1ccc(OC)c(OC)c1.I. The van der Waals surface area contributed by atoms with Crippen molar-refractivity contribution in [2.45, 2.75) is 20.0 Å². The van der Waals surface area contributed by atoms with Crippen LogP contribution < -0.4 is 20.1 Å². The third-order valence-corrected chi connectivity index (χ3v) is 4.12. The molecule has 0 bridgehead atoms. The van der Waals surface area contributed by atoms with Crippen molar-refractivity contribution in [1.82, 2.24) is 10.6 Å². The summed E-state index contributed by atoms with van der Waals surface area (Å²) in [6, 6.07) is 16.1. The molecule has 2 N–H and O–H groups in total. The fourth-order valence-corrected chi connectivity index (χ4v) is 2.69. The topological polar surface area (TPSA) is 64.1 Å². The first kappa shape index (κ1) is 25.0. The largest absolute Gasteiger partial charge is 0.493 e. The van der Waals surface area contributed by atoms with Gasteiger partial charge in [-0.2, -0.15) is 0 Å². The van der Waals surface area contributed by atoms with Gasteiger partial charge >= 0.3 is 0 Å². The fourth-order valence-electron chi connectivity index (χ4n) is 2.69. The second-order valence-electron chi connectivity index (χ2n) is 6.16. The molecular weight excluding hydrogens is 481 g/mol. The molecular formula is C22H32IN3O3. The molecule has 0 aliphatic rings. The maximum Gasteiger partial charge on any atom is 0.191 e. The van der Waals surface area contributed by atoms with Gasteiger partial charge in [-0.1, -0.05) is 36.4 Å². The normalized spacial score (nSPS) is 10.8. The Morgan fingerprint density at radius 1 is 0.931 bits per heavy atom. The Labute approximate surface area is 191 Å². The summed E-state index contributed by atoms with van der Waals surface area (Å²) in [5, 5.41) is 6.61. The monoisotopic (exact) mass is 513 g/mol. The molecule has 0 aliphatic heterocycles. The number of ether oxygens (including phenoxy) is 3. The van der Waals surface area contributed by atoms with Gasteiger partial charge in [0.05, 0.1) is 34.0 Å². The molecule has 160 valence electrons. The van der Waals surface area contributed by atoms with Crippen LogP contribution in [0.1, 0.15) is 18.1 Å². The Hall–Kier alpha value is -2.00. The highest BCUT2D eigenvalue weighted by atomic mass is 127. The minimum Gasteiger partial charge on any atom is -0.493 e.